The third-order valence-corrected chi connectivity index (χ3v) is 10.6. The van der Waals surface area contributed by atoms with Gasteiger partial charge in [0.15, 0.2) is 0 Å². The van der Waals surface area contributed by atoms with Gasteiger partial charge in [-0.1, -0.05) is 60.7 Å². The second-order valence-electron chi connectivity index (χ2n) is 11.4. The number of amides is 1. The van der Waals surface area contributed by atoms with E-state index >= 15 is 0 Å². The number of fused-ring (bicyclic) bond motifs is 1. The molecule has 2 aromatic rings. The van der Waals surface area contributed by atoms with Gasteiger partial charge in [0.25, 0.3) is 0 Å². The van der Waals surface area contributed by atoms with E-state index < -0.39 is 0 Å². The van der Waals surface area contributed by atoms with Crippen LogP contribution in [0.25, 0.3) is 0 Å². The maximum absolute atomic E-state index is 13.7. The molecule has 1 aliphatic heterocycles. The van der Waals surface area contributed by atoms with Crippen molar-refractivity contribution in [2.75, 3.05) is 13.1 Å². The van der Waals surface area contributed by atoms with E-state index in [0.29, 0.717) is 47.3 Å². The number of hydrogen-bond acceptors (Lipinski definition) is 2. The van der Waals surface area contributed by atoms with E-state index in [2.05, 4.69) is 65.6 Å². The minimum absolute atomic E-state index is 0.0000119. The van der Waals surface area contributed by atoms with Crippen molar-refractivity contribution in [1.82, 2.24) is 4.90 Å². The van der Waals surface area contributed by atoms with Crippen molar-refractivity contribution in [1.29, 1.82) is 0 Å². The normalized spacial score (nSPS) is 41.7. The Labute approximate surface area is 190 Å². The fourth-order valence-corrected chi connectivity index (χ4v) is 9.41. The second kappa shape index (κ2) is 6.70. The largest absolute Gasteiger partial charge is 0.393 e. The van der Waals surface area contributed by atoms with Crippen LogP contribution in [0.15, 0.2) is 60.7 Å². The summed E-state index contributed by atoms with van der Waals surface area (Å²) >= 11 is 0. The Morgan fingerprint density at radius 1 is 0.938 bits per heavy atom. The summed E-state index contributed by atoms with van der Waals surface area (Å²) in [7, 11) is 0. The van der Waals surface area contributed by atoms with E-state index in [1.165, 1.54) is 17.5 Å². The minimum Gasteiger partial charge on any atom is -0.393 e. The topological polar surface area (TPSA) is 40.5 Å². The molecular formula is C29H33NO2. The molecule has 0 aromatic heterocycles. The summed E-state index contributed by atoms with van der Waals surface area (Å²) in [6, 6.07) is 21.7. The number of aliphatic hydroxyl groups is 1. The molecule has 1 amide bonds. The van der Waals surface area contributed by atoms with E-state index in [9.17, 15) is 9.90 Å². The van der Waals surface area contributed by atoms with Crippen molar-refractivity contribution in [3.8, 4) is 0 Å². The third-order valence-electron chi connectivity index (χ3n) is 10.6. The molecule has 7 unspecified atom stereocenters. The van der Waals surface area contributed by atoms with Crippen LogP contribution in [0, 0.1) is 29.1 Å². The first kappa shape index (κ1) is 19.3. The van der Waals surface area contributed by atoms with Crippen molar-refractivity contribution in [2.45, 2.75) is 56.0 Å². The first-order valence-electron chi connectivity index (χ1n) is 12.7. The van der Waals surface area contributed by atoms with Crippen LogP contribution in [-0.2, 0) is 10.2 Å². The average Bonchev–Trinajstić information content (AvgIpc) is 3.35. The van der Waals surface area contributed by atoms with Crippen molar-refractivity contribution in [3.05, 3.63) is 71.8 Å². The third kappa shape index (κ3) is 2.28. The first-order chi connectivity index (χ1) is 15.6. The molecule has 4 saturated carbocycles. The molecule has 5 fully saturated rings. The predicted octanol–water partition coefficient (Wildman–Crippen LogP) is 4.76. The van der Waals surface area contributed by atoms with Gasteiger partial charge < -0.3 is 10.0 Å². The van der Waals surface area contributed by atoms with Crippen LogP contribution in [0.3, 0.4) is 0 Å². The van der Waals surface area contributed by atoms with Gasteiger partial charge in [0, 0.05) is 24.9 Å². The van der Waals surface area contributed by atoms with Crippen LogP contribution in [0.4, 0.5) is 0 Å². The fourth-order valence-electron chi connectivity index (χ4n) is 9.41. The average molecular weight is 428 g/mol. The highest BCUT2D eigenvalue weighted by Crippen LogP contribution is 2.87. The number of likely N-dealkylation sites (tertiary alicyclic amines) is 1. The zero-order chi connectivity index (χ0) is 21.5. The number of rotatable bonds is 4. The second-order valence-corrected chi connectivity index (χ2v) is 11.4. The lowest BCUT2D eigenvalue weighted by atomic mass is 9.26. The SMILES string of the molecule is O=C(CC1(c2ccccc2)C2CC3CC24C(CC14)C3O)N1CCC(c2ccccc2)CC1. The Kier molecular flexibility index (Phi) is 4.05. The van der Waals surface area contributed by atoms with Gasteiger partial charge in [-0.2, -0.15) is 0 Å². The van der Waals surface area contributed by atoms with E-state index in [1.54, 1.807) is 0 Å². The van der Waals surface area contributed by atoms with Gasteiger partial charge in [0.1, 0.15) is 0 Å². The molecule has 5 aliphatic rings. The lowest BCUT2D eigenvalue weighted by Gasteiger charge is -2.77. The van der Waals surface area contributed by atoms with Gasteiger partial charge in [-0.3, -0.25) is 4.79 Å². The first-order valence-corrected chi connectivity index (χ1v) is 12.7. The van der Waals surface area contributed by atoms with Crippen molar-refractivity contribution >= 4 is 5.91 Å². The van der Waals surface area contributed by atoms with E-state index in [4.69, 9.17) is 0 Å². The minimum atomic E-state index is -0.0796. The zero-order valence-corrected chi connectivity index (χ0v) is 18.7. The van der Waals surface area contributed by atoms with Crippen molar-refractivity contribution in [3.63, 3.8) is 0 Å². The lowest BCUT2D eigenvalue weighted by Crippen LogP contribution is -2.76. The van der Waals surface area contributed by atoms with Crippen molar-refractivity contribution in [2.24, 2.45) is 29.1 Å². The Morgan fingerprint density at radius 3 is 2.28 bits per heavy atom. The summed E-state index contributed by atoms with van der Waals surface area (Å²) in [4.78, 5) is 15.9. The predicted molar refractivity (Wildman–Crippen MR) is 124 cm³/mol. The molecule has 3 nitrogen and oxygen atoms in total. The number of benzene rings is 2. The molecule has 1 saturated heterocycles. The van der Waals surface area contributed by atoms with E-state index in [0.717, 1.165) is 38.8 Å². The van der Waals surface area contributed by atoms with Gasteiger partial charge in [-0.25, -0.2) is 0 Å². The number of piperidine rings is 1. The van der Waals surface area contributed by atoms with Crippen LogP contribution in [0.2, 0.25) is 0 Å². The molecule has 7 rings (SSSR count). The molecule has 2 aromatic carbocycles. The summed E-state index contributed by atoms with van der Waals surface area (Å²) in [5.74, 6) is 3.08. The highest BCUT2D eigenvalue weighted by Gasteiger charge is 2.85. The molecule has 1 N–H and O–H groups in total. The maximum Gasteiger partial charge on any atom is 0.223 e. The van der Waals surface area contributed by atoms with Crippen LogP contribution in [-0.4, -0.2) is 35.1 Å². The molecule has 166 valence electrons. The quantitative estimate of drug-likeness (QED) is 0.764. The van der Waals surface area contributed by atoms with Crippen LogP contribution < -0.4 is 0 Å². The zero-order valence-electron chi connectivity index (χ0n) is 18.7. The summed E-state index contributed by atoms with van der Waals surface area (Å²) in [5.41, 5.74) is 3.15. The smallest absolute Gasteiger partial charge is 0.223 e. The molecule has 1 heterocycles. The van der Waals surface area contributed by atoms with Crippen LogP contribution in [0.1, 0.15) is 55.6 Å². The molecule has 1 spiro atoms. The Balaban J connectivity index is 1.13. The van der Waals surface area contributed by atoms with Gasteiger partial charge in [0.05, 0.1) is 6.10 Å². The highest BCUT2D eigenvalue weighted by molar-refractivity contribution is 5.79. The number of aliphatic hydroxyl groups excluding tert-OH is 1. The molecular weight excluding hydrogens is 394 g/mol. The number of carbonyl (C=O) groups is 1. The summed E-state index contributed by atoms with van der Waals surface area (Å²) in [6.45, 7) is 1.77. The van der Waals surface area contributed by atoms with Gasteiger partial charge in [-0.05, 0) is 78.2 Å². The number of nitrogens with zero attached hydrogens (tertiary/aromatic N) is 1. The molecule has 32 heavy (non-hydrogen) atoms. The number of carbonyl (C=O) groups excluding carboxylic acids is 1. The maximum atomic E-state index is 13.7. The molecule has 7 atom stereocenters. The van der Waals surface area contributed by atoms with Gasteiger partial charge in [0.2, 0.25) is 5.91 Å². The number of hydrogen-bond donors (Lipinski definition) is 1. The lowest BCUT2D eigenvalue weighted by molar-refractivity contribution is -0.270. The molecule has 3 heteroatoms. The molecule has 0 radical (unpaired) electrons. The Morgan fingerprint density at radius 2 is 1.59 bits per heavy atom. The van der Waals surface area contributed by atoms with Crippen LogP contribution in [0.5, 0.6) is 0 Å². The Hall–Kier alpha value is -2.13. The summed E-state index contributed by atoms with van der Waals surface area (Å²) in [6.07, 6.45) is 6.17. The summed E-state index contributed by atoms with van der Waals surface area (Å²) in [5, 5.41) is 10.7. The van der Waals surface area contributed by atoms with Gasteiger partial charge >= 0.3 is 0 Å². The molecule has 2 bridgehead atoms. The highest BCUT2D eigenvalue weighted by atomic mass is 16.3. The Bertz CT molecular complexity index is 1030. The fraction of sp³-hybridized carbons (Fsp3) is 0.552. The standard InChI is InChI=1S/C29H33NO2/c31-26(30-13-11-20(12-14-30)19-7-3-1-4-8-19)18-28(22-9-5-2-6-10-22)24-15-21-17-29(24)23(27(21)32)16-25(28)29/h1-10,20-21,23-25,27,32H,11-18H2. The molecule has 4 aliphatic carbocycles. The van der Waals surface area contributed by atoms with E-state index in [1.807, 2.05) is 0 Å². The monoisotopic (exact) mass is 427 g/mol. The van der Waals surface area contributed by atoms with Crippen LogP contribution >= 0.6 is 0 Å². The van der Waals surface area contributed by atoms with E-state index in [-0.39, 0.29) is 11.5 Å². The van der Waals surface area contributed by atoms with Gasteiger partial charge in [-0.15, -0.1) is 0 Å². The summed E-state index contributed by atoms with van der Waals surface area (Å²) < 4.78 is 0. The van der Waals surface area contributed by atoms with Crippen molar-refractivity contribution < 1.29 is 9.90 Å².